The summed E-state index contributed by atoms with van der Waals surface area (Å²) in [4.78, 5) is 2.34. The summed E-state index contributed by atoms with van der Waals surface area (Å²) in [6, 6.07) is 0. The lowest BCUT2D eigenvalue weighted by atomic mass is 9.91. The Bertz CT molecular complexity index is 184. The van der Waals surface area contributed by atoms with Gasteiger partial charge >= 0.3 is 0 Å². The maximum absolute atomic E-state index is 10.2. The predicted molar refractivity (Wildman–Crippen MR) is 61.9 cm³/mol. The smallest absolute Gasteiger partial charge is 0.0768 e. The van der Waals surface area contributed by atoms with Crippen molar-refractivity contribution in [1.82, 2.24) is 4.90 Å². The van der Waals surface area contributed by atoms with Crippen molar-refractivity contribution in [2.75, 3.05) is 26.7 Å². The molecule has 0 amide bonds. The van der Waals surface area contributed by atoms with Crippen LogP contribution in [0.2, 0.25) is 0 Å². The minimum atomic E-state index is -0.570. The topological polar surface area (TPSA) is 32.7 Å². The Morgan fingerprint density at radius 1 is 1.40 bits per heavy atom. The molecule has 1 fully saturated rings. The molecule has 0 bridgehead atoms. The van der Waals surface area contributed by atoms with Crippen LogP contribution in [0.5, 0.6) is 0 Å². The summed E-state index contributed by atoms with van der Waals surface area (Å²) in [6.07, 6.45) is 2.60. The summed E-state index contributed by atoms with van der Waals surface area (Å²) in [5, 5.41) is 10.2. The maximum atomic E-state index is 10.2. The largest absolute Gasteiger partial charge is 0.389 e. The molecule has 1 saturated heterocycles. The summed E-state index contributed by atoms with van der Waals surface area (Å²) in [7, 11) is 1.78. The second kappa shape index (κ2) is 5.28. The fourth-order valence-corrected chi connectivity index (χ4v) is 1.94. The molecule has 0 aromatic heterocycles. The van der Waals surface area contributed by atoms with Gasteiger partial charge in [0.05, 0.1) is 11.7 Å². The van der Waals surface area contributed by atoms with Crippen LogP contribution in [-0.4, -0.2) is 48.5 Å². The fourth-order valence-electron chi connectivity index (χ4n) is 1.94. The van der Waals surface area contributed by atoms with Gasteiger partial charge in [-0.3, -0.25) is 0 Å². The van der Waals surface area contributed by atoms with E-state index in [4.69, 9.17) is 4.74 Å². The third kappa shape index (κ3) is 3.74. The highest BCUT2D eigenvalue weighted by Gasteiger charge is 2.29. The van der Waals surface area contributed by atoms with Crippen LogP contribution in [0.1, 0.15) is 33.6 Å². The van der Waals surface area contributed by atoms with Crippen LogP contribution in [-0.2, 0) is 4.74 Å². The fraction of sp³-hybridized carbons (Fsp3) is 1.00. The Morgan fingerprint density at radius 2 is 1.93 bits per heavy atom. The van der Waals surface area contributed by atoms with Crippen molar-refractivity contribution in [2.24, 2.45) is 5.92 Å². The average Bonchev–Trinajstić information content (AvgIpc) is 2.18. The summed E-state index contributed by atoms with van der Waals surface area (Å²) in [6.45, 7) is 8.94. The van der Waals surface area contributed by atoms with E-state index in [1.807, 2.05) is 6.92 Å². The minimum Gasteiger partial charge on any atom is -0.389 e. The van der Waals surface area contributed by atoms with Gasteiger partial charge in [0, 0.05) is 26.7 Å². The molecule has 0 aliphatic carbocycles. The molecular weight excluding hydrogens is 190 g/mol. The molecule has 0 aromatic carbocycles. The third-order valence-electron chi connectivity index (χ3n) is 3.66. The van der Waals surface area contributed by atoms with Crippen molar-refractivity contribution in [2.45, 2.75) is 45.3 Å². The number of methoxy groups -OCH3 is 1. The van der Waals surface area contributed by atoms with Crippen LogP contribution in [0.15, 0.2) is 0 Å². The number of hydrogen-bond donors (Lipinski definition) is 1. The molecule has 0 spiro atoms. The molecule has 1 atom stereocenters. The van der Waals surface area contributed by atoms with Crippen LogP contribution in [0, 0.1) is 5.92 Å². The van der Waals surface area contributed by atoms with Crippen molar-refractivity contribution < 1.29 is 9.84 Å². The first-order chi connectivity index (χ1) is 6.95. The van der Waals surface area contributed by atoms with E-state index in [0.29, 0.717) is 12.0 Å². The van der Waals surface area contributed by atoms with Crippen LogP contribution >= 0.6 is 0 Å². The van der Waals surface area contributed by atoms with Crippen LogP contribution in [0.25, 0.3) is 0 Å². The first kappa shape index (κ1) is 12.9. The van der Waals surface area contributed by atoms with E-state index >= 15 is 0 Å². The van der Waals surface area contributed by atoms with Gasteiger partial charge in [0.15, 0.2) is 0 Å². The average molecular weight is 215 g/mol. The summed E-state index contributed by atoms with van der Waals surface area (Å²) < 4.78 is 5.33. The third-order valence-corrected chi connectivity index (χ3v) is 3.66. The summed E-state index contributed by atoms with van der Waals surface area (Å²) in [5.74, 6) is 0.303. The molecule has 3 heteroatoms. The normalized spacial score (nSPS) is 24.4. The standard InChI is InChI=1S/C12H25NO2/c1-10(2)12(3,14)9-13-7-5-11(15-4)6-8-13/h10-11,14H,5-9H2,1-4H3. The number of hydrogen-bond acceptors (Lipinski definition) is 3. The van der Waals surface area contributed by atoms with Gasteiger partial charge in [-0.1, -0.05) is 13.8 Å². The van der Waals surface area contributed by atoms with Crippen molar-refractivity contribution >= 4 is 0 Å². The summed E-state index contributed by atoms with van der Waals surface area (Å²) in [5.41, 5.74) is -0.570. The number of ether oxygens (including phenoxy) is 1. The van der Waals surface area contributed by atoms with E-state index in [-0.39, 0.29) is 0 Å². The lowest BCUT2D eigenvalue weighted by Crippen LogP contribution is -2.48. The molecule has 90 valence electrons. The second-order valence-electron chi connectivity index (χ2n) is 5.22. The SMILES string of the molecule is COC1CCN(CC(C)(O)C(C)C)CC1. The number of rotatable bonds is 4. The van der Waals surface area contributed by atoms with E-state index in [9.17, 15) is 5.11 Å². The van der Waals surface area contributed by atoms with Gasteiger partial charge in [0.2, 0.25) is 0 Å². The Balaban J connectivity index is 2.35. The Hall–Kier alpha value is -0.120. The van der Waals surface area contributed by atoms with E-state index in [1.165, 1.54) is 0 Å². The number of β-amino-alcohol motifs (C(OH)–C–C–N with tert-alkyl or cyclic N) is 1. The van der Waals surface area contributed by atoms with Crippen molar-refractivity contribution in [3.05, 3.63) is 0 Å². The molecule has 1 unspecified atom stereocenters. The molecule has 0 saturated carbocycles. The van der Waals surface area contributed by atoms with E-state index in [2.05, 4.69) is 18.7 Å². The lowest BCUT2D eigenvalue weighted by molar-refractivity contribution is -0.0370. The Morgan fingerprint density at radius 3 is 2.33 bits per heavy atom. The van der Waals surface area contributed by atoms with E-state index in [1.54, 1.807) is 7.11 Å². The number of piperidine rings is 1. The van der Waals surface area contributed by atoms with Gasteiger partial charge in [0.1, 0.15) is 0 Å². The van der Waals surface area contributed by atoms with Crippen molar-refractivity contribution in [3.63, 3.8) is 0 Å². The molecule has 0 radical (unpaired) electrons. The van der Waals surface area contributed by atoms with Crippen LogP contribution in [0.4, 0.5) is 0 Å². The quantitative estimate of drug-likeness (QED) is 0.771. The monoisotopic (exact) mass is 215 g/mol. The Labute approximate surface area is 93.4 Å². The van der Waals surface area contributed by atoms with Gasteiger partial charge in [-0.2, -0.15) is 0 Å². The lowest BCUT2D eigenvalue weighted by Gasteiger charge is -2.38. The first-order valence-electron chi connectivity index (χ1n) is 5.93. The van der Waals surface area contributed by atoms with Gasteiger partial charge < -0.3 is 14.7 Å². The van der Waals surface area contributed by atoms with Crippen LogP contribution < -0.4 is 0 Å². The zero-order valence-corrected chi connectivity index (χ0v) is 10.5. The molecule has 1 rings (SSSR count). The number of aliphatic hydroxyl groups is 1. The highest BCUT2D eigenvalue weighted by Crippen LogP contribution is 2.20. The van der Waals surface area contributed by atoms with Gasteiger partial charge in [-0.05, 0) is 25.7 Å². The maximum Gasteiger partial charge on any atom is 0.0768 e. The molecular formula is C12H25NO2. The van der Waals surface area contributed by atoms with Gasteiger partial charge in [-0.25, -0.2) is 0 Å². The molecule has 1 aliphatic rings. The molecule has 0 aromatic rings. The number of nitrogens with zero attached hydrogens (tertiary/aromatic N) is 1. The van der Waals surface area contributed by atoms with E-state index < -0.39 is 5.60 Å². The van der Waals surface area contributed by atoms with Crippen molar-refractivity contribution in [1.29, 1.82) is 0 Å². The zero-order chi connectivity index (χ0) is 11.5. The minimum absolute atomic E-state index is 0.303. The summed E-state index contributed by atoms with van der Waals surface area (Å²) >= 11 is 0. The molecule has 1 heterocycles. The molecule has 15 heavy (non-hydrogen) atoms. The van der Waals surface area contributed by atoms with E-state index in [0.717, 1.165) is 32.5 Å². The highest BCUT2D eigenvalue weighted by atomic mass is 16.5. The van der Waals surface area contributed by atoms with Gasteiger partial charge in [-0.15, -0.1) is 0 Å². The molecule has 1 N–H and O–H groups in total. The first-order valence-corrected chi connectivity index (χ1v) is 5.93. The highest BCUT2D eigenvalue weighted by molar-refractivity contribution is 4.83. The Kier molecular flexibility index (Phi) is 4.56. The zero-order valence-electron chi connectivity index (χ0n) is 10.5. The molecule has 1 aliphatic heterocycles. The van der Waals surface area contributed by atoms with Crippen molar-refractivity contribution in [3.8, 4) is 0 Å². The molecule has 3 nitrogen and oxygen atoms in total. The second-order valence-corrected chi connectivity index (χ2v) is 5.22. The van der Waals surface area contributed by atoms with Gasteiger partial charge in [0.25, 0.3) is 0 Å². The predicted octanol–water partition coefficient (Wildman–Crippen LogP) is 1.50. The number of likely N-dealkylation sites (tertiary alicyclic amines) is 1. The van der Waals surface area contributed by atoms with Crippen LogP contribution in [0.3, 0.4) is 0 Å².